The van der Waals surface area contributed by atoms with Crippen molar-refractivity contribution in [2.24, 2.45) is 0 Å². The molecule has 3 heteroatoms. The first-order chi connectivity index (χ1) is 6.54. The van der Waals surface area contributed by atoms with Gasteiger partial charge in [-0.05, 0) is 0 Å². The summed E-state index contributed by atoms with van der Waals surface area (Å²) in [5.41, 5.74) is 0. The Morgan fingerprint density at radius 2 is 0.867 bits per heavy atom. The third-order valence-electron chi connectivity index (χ3n) is 1.15. The van der Waals surface area contributed by atoms with Gasteiger partial charge < -0.3 is 25.3 Å². The fourth-order valence-electron chi connectivity index (χ4n) is 0. The molecule has 0 heterocycles. The standard InChI is InChI=1S/2C4H10S.2C2H5.Sn/c2*1-3-4(2)5;2*1-2;/h2*4-5H,3H2,1-2H3;2*1H2,2H3;/q;;;;+2/p-2. The predicted molar refractivity (Wildman–Crippen MR) is 82.1 cm³/mol. The summed E-state index contributed by atoms with van der Waals surface area (Å²) in [5, 5.41) is 0.935. The van der Waals surface area contributed by atoms with Crippen LogP contribution in [0.3, 0.4) is 0 Å². The predicted octanol–water partition coefficient (Wildman–Crippen LogP) is 3.96. The van der Waals surface area contributed by atoms with Crippen molar-refractivity contribution in [3.05, 3.63) is 13.8 Å². The number of rotatable bonds is 2. The van der Waals surface area contributed by atoms with E-state index in [1.165, 1.54) is 0 Å². The molecule has 0 rings (SSSR count). The second kappa shape index (κ2) is 36.1. The largest absolute Gasteiger partial charge is 2.00 e. The molecule has 92 valence electrons. The summed E-state index contributed by atoms with van der Waals surface area (Å²) in [6, 6.07) is 0. The zero-order chi connectivity index (χ0) is 12.6. The Balaban J connectivity index is -0.0000000318. The Kier molecular flexibility index (Phi) is 72.2. The summed E-state index contributed by atoms with van der Waals surface area (Å²) >= 11 is 9.56. The van der Waals surface area contributed by atoms with E-state index in [0.29, 0.717) is 10.5 Å². The third-order valence-corrected chi connectivity index (χ3v) is 1.82. The summed E-state index contributed by atoms with van der Waals surface area (Å²) in [5.74, 6) is 0. The summed E-state index contributed by atoms with van der Waals surface area (Å²) in [4.78, 5) is 0. The van der Waals surface area contributed by atoms with E-state index in [-0.39, 0.29) is 23.9 Å². The molecule has 0 spiro atoms. The summed E-state index contributed by atoms with van der Waals surface area (Å²) < 4.78 is 0. The molecule has 0 aromatic rings. The van der Waals surface area contributed by atoms with Gasteiger partial charge in [-0.25, -0.2) is 0 Å². The van der Waals surface area contributed by atoms with Gasteiger partial charge in [-0.2, -0.15) is 10.5 Å². The van der Waals surface area contributed by atoms with Gasteiger partial charge in [0.25, 0.3) is 0 Å². The van der Waals surface area contributed by atoms with Gasteiger partial charge in [0, 0.05) is 0 Å². The van der Waals surface area contributed by atoms with E-state index in [0.717, 1.165) is 12.8 Å². The smallest absolute Gasteiger partial charge is 0.789 e. The topological polar surface area (TPSA) is 0 Å². The minimum absolute atomic E-state index is 0. The molecule has 0 saturated carbocycles. The van der Waals surface area contributed by atoms with E-state index in [2.05, 4.69) is 27.7 Å². The van der Waals surface area contributed by atoms with Crippen LogP contribution in [0.15, 0.2) is 0 Å². The SMILES string of the molecule is CCC(C)[S-].CCC(C)[S-].[CH2]C.[CH2]C.[Sn+2]. The third kappa shape index (κ3) is 93.4. The second-order valence-electron chi connectivity index (χ2n) is 2.44. The van der Waals surface area contributed by atoms with Crippen LogP contribution in [0.25, 0.3) is 0 Å². The van der Waals surface area contributed by atoms with Gasteiger partial charge in [-0.15, -0.1) is 0 Å². The minimum atomic E-state index is 0. The number of hydrogen-bond donors (Lipinski definition) is 0. The van der Waals surface area contributed by atoms with Crippen molar-refractivity contribution in [2.45, 2.75) is 64.9 Å². The molecule has 0 aromatic carbocycles. The van der Waals surface area contributed by atoms with Crippen LogP contribution in [0.5, 0.6) is 0 Å². The quantitative estimate of drug-likeness (QED) is 0.543. The van der Waals surface area contributed by atoms with Crippen molar-refractivity contribution < 1.29 is 0 Å². The molecule has 0 N–H and O–H groups in total. The monoisotopic (exact) mass is 356 g/mol. The molecule has 0 aliphatic heterocycles. The van der Waals surface area contributed by atoms with Crippen LogP contribution in [-0.4, -0.2) is 34.4 Å². The first-order valence-corrected chi connectivity index (χ1v) is 6.21. The van der Waals surface area contributed by atoms with Gasteiger partial charge in [0.15, 0.2) is 0 Å². The van der Waals surface area contributed by atoms with Crippen LogP contribution in [0.4, 0.5) is 0 Å². The Labute approximate surface area is 127 Å². The van der Waals surface area contributed by atoms with Gasteiger partial charge >= 0.3 is 23.9 Å². The number of hydrogen-bond acceptors (Lipinski definition) is 2. The zero-order valence-electron chi connectivity index (χ0n) is 11.3. The Bertz CT molecular complexity index is 49.6. The molecule has 0 aliphatic carbocycles. The summed E-state index contributed by atoms with van der Waals surface area (Å²) in [6.07, 6.45) is 2.24. The molecule has 0 aliphatic rings. The fraction of sp³-hybridized carbons (Fsp3) is 0.833. The molecule has 15 heavy (non-hydrogen) atoms. The van der Waals surface area contributed by atoms with Crippen LogP contribution in [0.1, 0.15) is 54.4 Å². The molecule has 0 saturated heterocycles. The maximum Gasteiger partial charge on any atom is 2.00 e. The minimum Gasteiger partial charge on any atom is -0.789 e. The summed E-state index contributed by atoms with van der Waals surface area (Å²) in [6.45, 7) is 18.3. The zero-order valence-corrected chi connectivity index (χ0v) is 15.8. The Hall–Kier alpha value is 1.50. The molecule has 2 unspecified atom stereocenters. The van der Waals surface area contributed by atoms with Crippen molar-refractivity contribution in [3.63, 3.8) is 0 Å². The van der Waals surface area contributed by atoms with Crippen molar-refractivity contribution in [2.75, 3.05) is 0 Å². The molecular weight excluding hydrogens is 327 g/mol. The fourth-order valence-corrected chi connectivity index (χ4v) is 0. The van der Waals surface area contributed by atoms with E-state index in [1.807, 2.05) is 13.8 Å². The average Bonchev–Trinajstić information content (AvgIpc) is 2.24. The second-order valence-corrected chi connectivity index (χ2v) is 4.05. The molecule has 0 nitrogen and oxygen atoms in total. The van der Waals surface area contributed by atoms with Gasteiger partial charge in [0.1, 0.15) is 0 Å². The molecule has 0 bridgehead atoms. The van der Waals surface area contributed by atoms with E-state index in [9.17, 15) is 0 Å². The van der Waals surface area contributed by atoms with Crippen LogP contribution in [0, 0.1) is 13.8 Å². The molecule has 0 amide bonds. The molecule has 4 radical (unpaired) electrons. The Morgan fingerprint density at radius 1 is 0.800 bits per heavy atom. The average molecular weight is 355 g/mol. The van der Waals surface area contributed by atoms with Gasteiger partial charge in [0.05, 0.1) is 0 Å². The maximum atomic E-state index is 4.78. The van der Waals surface area contributed by atoms with Crippen molar-refractivity contribution in [1.29, 1.82) is 0 Å². The molecule has 0 aromatic heterocycles. The van der Waals surface area contributed by atoms with Crippen molar-refractivity contribution in [3.8, 4) is 0 Å². The maximum absolute atomic E-state index is 4.78. The van der Waals surface area contributed by atoms with Crippen LogP contribution in [0.2, 0.25) is 0 Å². The Morgan fingerprint density at radius 3 is 0.867 bits per heavy atom. The van der Waals surface area contributed by atoms with Crippen LogP contribution >= 0.6 is 0 Å². The first-order valence-electron chi connectivity index (χ1n) is 5.27. The van der Waals surface area contributed by atoms with E-state index in [1.54, 1.807) is 13.8 Å². The van der Waals surface area contributed by atoms with E-state index in [4.69, 9.17) is 25.3 Å². The first kappa shape index (κ1) is 30.0. The van der Waals surface area contributed by atoms with Gasteiger partial charge in [-0.1, -0.05) is 68.2 Å². The molecule has 2 atom stereocenters. The van der Waals surface area contributed by atoms with E-state index < -0.39 is 0 Å². The van der Waals surface area contributed by atoms with Gasteiger partial charge in [0.2, 0.25) is 0 Å². The van der Waals surface area contributed by atoms with Gasteiger partial charge in [-0.3, -0.25) is 0 Å². The molecular formula is C12H28S2Sn. The van der Waals surface area contributed by atoms with Crippen molar-refractivity contribution >= 4 is 49.2 Å². The van der Waals surface area contributed by atoms with Crippen molar-refractivity contribution in [1.82, 2.24) is 0 Å². The van der Waals surface area contributed by atoms with Crippen LogP contribution in [-0.2, 0) is 25.3 Å². The normalized spacial score (nSPS) is 10.8. The summed E-state index contributed by atoms with van der Waals surface area (Å²) in [7, 11) is 0. The van der Waals surface area contributed by atoms with E-state index >= 15 is 0 Å². The molecule has 0 fully saturated rings. The van der Waals surface area contributed by atoms with Crippen LogP contribution < -0.4 is 0 Å².